The summed E-state index contributed by atoms with van der Waals surface area (Å²) in [6, 6.07) is 19.3. The molecule has 0 N–H and O–H groups in total. The summed E-state index contributed by atoms with van der Waals surface area (Å²) in [6.07, 6.45) is 3.80. The summed E-state index contributed by atoms with van der Waals surface area (Å²) in [5.74, 6) is -0.398. The second kappa shape index (κ2) is 10.0. The van der Waals surface area contributed by atoms with Crippen molar-refractivity contribution in [2.45, 2.75) is 6.54 Å². The predicted octanol–water partition coefficient (Wildman–Crippen LogP) is 6.88. The first-order valence-corrected chi connectivity index (χ1v) is 12.7. The molecule has 0 unspecified atom stereocenters. The summed E-state index contributed by atoms with van der Waals surface area (Å²) in [7, 11) is 1.78. The van der Waals surface area contributed by atoms with Gasteiger partial charge in [0.05, 0.1) is 12.2 Å². The number of para-hydroxylation sites is 1. The van der Waals surface area contributed by atoms with E-state index in [0.717, 1.165) is 20.9 Å². The van der Waals surface area contributed by atoms with Gasteiger partial charge < -0.3 is 14.2 Å². The molecule has 182 valence electrons. The molecule has 1 fully saturated rings. The van der Waals surface area contributed by atoms with Crippen molar-refractivity contribution in [1.82, 2.24) is 9.47 Å². The Morgan fingerprint density at radius 3 is 2.61 bits per heavy atom. The van der Waals surface area contributed by atoms with Gasteiger partial charge in [0.15, 0.2) is 16.7 Å². The normalized spacial score (nSPS) is 14.9. The fourth-order valence-corrected chi connectivity index (χ4v) is 4.91. The molecule has 1 aliphatic rings. The van der Waals surface area contributed by atoms with Crippen molar-refractivity contribution in [3.8, 4) is 5.75 Å². The third-order valence-electron chi connectivity index (χ3n) is 5.94. The van der Waals surface area contributed by atoms with Crippen LogP contribution in [0, 0.1) is 5.82 Å². The maximum atomic E-state index is 13.9. The summed E-state index contributed by atoms with van der Waals surface area (Å²) < 4.78 is 22.5. The number of nitrogens with zero attached hydrogens (tertiary/aromatic N) is 3. The van der Waals surface area contributed by atoms with Crippen LogP contribution < -0.4 is 9.64 Å². The van der Waals surface area contributed by atoms with Crippen LogP contribution in [-0.2, 0) is 11.3 Å². The first kappa shape index (κ1) is 24.5. The molecule has 0 spiro atoms. The molecule has 0 saturated carbocycles. The van der Waals surface area contributed by atoms with E-state index in [1.165, 1.54) is 11.0 Å². The fraction of sp³-hybridized carbons (Fsp3) is 0.111. The molecule has 1 aromatic heterocycles. The number of carbonyl (C=O) groups excluding carboxylic acids is 1. The van der Waals surface area contributed by atoms with Crippen LogP contribution in [0.4, 0.5) is 10.1 Å². The second-order valence-electron chi connectivity index (χ2n) is 8.21. The molecule has 1 saturated heterocycles. The van der Waals surface area contributed by atoms with E-state index in [2.05, 4.69) is 15.9 Å². The molecule has 1 amide bonds. The van der Waals surface area contributed by atoms with Gasteiger partial charge in [0.2, 0.25) is 0 Å². The number of amides is 1. The van der Waals surface area contributed by atoms with Gasteiger partial charge in [-0.3, -0.25) is 9.69 Å². The van der Waals surface area contributed by atoms with Crippen molar-refractivity contribution in [3.63, 3.8) is 0 Å². The minimum absolute atomic E-state index is 0.216. The van der Waals surface area contributed by atoms with Crippen molar-refractivity contribution in [3.05, 3.63) is 99.5 Å². The van der Waals surface area contributed by atoms with Crippen LogP contribution in [0.25, 0.3) is 17.0 Å². The smallest absolute Gasteiger partial charge is 0.281 e. The van der Waals surface area contributed by atoms with Gasteiger partial charge in [-0.2, -0.15) is 0 Å². The largest absolute Gasteiger partial charge is 0.489 e. The second-order valence-corrected chi connectivity index (χ2v) is 9.92. The zero-order valence-electron chi connectivity index (χ0n) is 19.1. The Morgan fingerprint density at radius 2 is 1.86 bits per heavy atom. The van der Waals surface area contributed by atoms with Gasteiger partial charge in [0, 0.05) is 39.2 Å². The highest BCUT2D eigenvalue weighted by Crippen LogP contribution is 2.32. The number of carbonyl (C=O) groups is 1. The molecule has 9 heteroatoms. The SMILES string of the molecule is CN1C(=S)N(c2ccc(Cl)cc2)C(=O)/C1=C/c1cn(CCOc2ccccc2F)c2ccc(Br)cc12. The van der Waals surface area contributed by atoms with Crippen LogP contribution in [0.2, 0.25) is 5.02 Å². The van der Waals surface area contributed by atoms with E-state index in [1.807, 2.05) is 35.0 Å². The summed E-state index contributed by atoms with van der Waals surface area (Å²) >= 11 is 15.1. The monoisotopic (exact) mass is 583 g/mol. The van der Waals surface area contributed by atoms with Gasteiger partial charge >= 0.3 is 0 Å². The molecule has 3 aromatic carbocycles. The number of thiocarbonyl (C=S) groups is 1. The highest BCUT2D eigenvalue weighted by molar-refractivity contribution is 9.10. The molecule has 0 aliphatic carbocycles. The highest BCUT2D eigenvalue weighted by Gasteiger charge is 2.37. The van der Waals surface area contributed by atoms with E-state index in [1.54, 1.807) is 54.4 Å². The Hall–Kier alpha value is -3.20. The number of hydrogen-bond acceptors (Lipinski definition) is 3. The zero-order valence-corrected chi connectivity index (χ0v) is 22.3. The van der Waals surface area contributed by atoms with Crippen molar-refractivity contribution in [2.24, 2.45) is 0 Å². The van der Waals surface area contributed by atoms with E-state index >= 15 is 0 Å². The molecule has 0 atom stereocenters. The number of ether oxygens (including phenoxy) is 1. The minimum atomic E-state index is -0.395. The standard InChI is InChI=1S/C27H20BrClFN3O2S/c1-31-24(26(34)33(27(31)36)20-9-7-19(29)8-10-20)14-17-16-32(23-11-6-18(28)15-21(17)23)12-13-35-25-5-3-2-4-22(25)30/h2-11,14-16H,12-13H2,1H3/b24-14-. The first-order valence-electron chi connectivity index (χ1n) is 11.1. The van der Waals surface area contributed by atoms with Gasteiger partial charge in [-0.25, -0.2) is 4.39 Å². The predicted molar refractivity (Wildman–Crippen MR) is 149 cm³/mol. The van der Waals surface area contributed by atoms with Crippen LogP contribution in [0.5, 0.6) is 5.75 Å². The van der Waals surface area contributed by atoms with Gasteiger partial charge in [0.25, 0.3) is 5.91 Å². The third kappa shape index (κ3) is 4.64. The molecule has 2 heterocycles. The number of aromatic nitrogens is 1. The van der Waals surface area contributed by atoms with Gasteiger partial charge in [-0.15, -0.1) is 0 Å². The highest BCUT2D eigenvalue weighted by atomic mass is 79.9. The lowest BCUT2D eigenvalue weighted by atomic mass is 10.1. The van der Waals surface area contributed by atoms with Gasteiger partial charge in [-0.05, 0) is 72.9 Å². The number of rotatable bonds is 6. The zero-order chi connectivity index (χ0) is 25.4. The lowest BCUT2D eigenvalue weighted by molar-refractivity contribution is -0.114. The number of halogens is 3. The van der Waals surface area contributed by atoms with E-state index in [9.17, 15) is 9.18 Å². The van der Waals surface area contributed by atoms with Crippen LogP contribution in [0.3, 0.4) is 0 Å². The lowest BCUT2D eigenvalue weighted by Gasteiger charge is -2.16. The summed E-state index contributed by atoms with van der Waals surface area (Å²) in [4.78, 5) is 16.6. The summed E-state index contributed by atoms with van der Waals surface area (Å²) in [5.41, 5.74) is 2.93. The molecular formula is C27H20BrClFN3O2S. The van der Waals surface area contributed by atoms with Crippen molar-refractivity contribution in [2.75, 3.05) is 18.6 Å². The minimum Gasteiger partial charge on any atom is -0.489 e. The van der Waals surface area contributed by atoms with Gasteiger partial charge in [-0.1, -0.05) is 39.7 Å². The van der Waals surface area contributed by atoms with E-state index in [4.69, 9.17) is 28.6 Å². The van der Waals surface area contributed by atoms with Crippen molar-refractivity contribution >= 4 is 73.4 Å². The third-order valence-corrected chi connectivity index (χ3v) is 7.14. The Balaban J connectivity index is 1.47. The number of benzene rings is 3. The van der Waals surface area contributed by atoms with E-state index in [-0.39, 0.29) is 18.3 Å². The van der Waals surface area contributed by atoms with Crippen LogP contribution in [-0.4, -0.2) is 34.1 Å². The molecule has 0 radical (unpaired) electrons. The molecule has 1 aliphatic heterocycles. The topological polar surface area (TPSA) is 37.7 Å². The Bertz CT molecular complexity index is 1520. The number of anilines is 1. The molecule has 5 nitrogen and oxygen atoms in total. The summed E-state index contributed by atoms with van der Waals surface area (Å²) in [6.45, 7) is 0.777. The van der Waals surface area contributed by atoms with Crippen LogP contribution in [0.1, 0.15) is 5.56 Å². The average molecular weight is 585 g/mol. The van der Waals surface area contributed by atoms with Crippen LogP contribution in [0.15, 0.2) is 83.1 Å². The Kier molecular flexibility index (Phi) is 6.83. The summed E-state index contributed by atoms with van der Waals surface area (Å²) in [5, 5.41) is 1.93. The Morgan fingerprint density at radius 1 is 1.11 bits per heavy atom. The van der Waals surface area contributed by atoms with E-state index < -0.39 is 5.82 Å². The average Bonchev–Trinajstić information content (AvgIpc) is 3.30. The molecule has 4 aromatic rings. The maximum absolute atomic E-state index is 13.9. The number of fused-ring (bicyclic) bond motifs is 1. The fourth-order valence-electron chi connectivity index (χ4n) is 4.13. The number of likely N-dealkylation sites (N-methyl/N-ethyl adjacent to an activating group) is 1. The first-order chi connectivity index (χ1) is 17.3. The lowest BCUT2D eigenvalue weighted by Crippen LogP contribution is -2.31. The quantitative estimate of drug-likeness (QED) is 0.183. The molecular weight excluding hydrogens is 565 g/mol. The van der Waals surface area contributed by atoms with Crippen molar-refractivity contribution < 1.29 is 13.9 Å². The van der Waals surface area contributed by atoms with Gasteiger partial charge in [0.1, 0.15) is 12.3 Å². The van der Waals surface area contributed by atoms with E-state index in [0.29, 0.717) is 28.1 Å². The Labute approximate surface area is 226 Å². The molecule has 36 heavy (non-hydrogen) atoms. The van der Waals surface area contributed by atoms with Crippen LogP contribution >= 0.6 is 39.7 Å². The van der Waals surface area contributed by atoms with Crippen molar-refractivity contribution in [1.29, 1.82) is 0 Å². The molecule has 5 rings (SSSR count). The molecule has 0 bridgehead atoms. The maximum Gasteiger partial charge on any atom is 0.281 e. The number of hydrogen-bond donors (Lipinski definition) is 0.